The van der Waals surface area contributed by atoms with Crippen LogP contribution in [0.2, 0.25) is 20.4 Å². The van der Waals surface area contributed by atoms with Crippen LogP contribution >= 0.6 is 17.2 Å². The van der Waals surface area contributed by atoms with E-state index in [2.05, 4.69) is 66.8 Å². The molecule has 4 rings (SSSR count). The van der Waals surface area contributed by atoms with E-state index in [1.54, 1.807) is 33.4 Å². The molecule has 0 spiro atoms. The van der Waals surface area contributed by atoms with Crippen molar-refractivity contribution >= 4 is 23.1 Å². The van der Waals surface area contributed by atoms with Gasteiger partial charge in [-0.3, -0.25) is 0 Å². The van der Waals surface area contributed by atoms with Gasteiger partial charge in [0.2, 0.25) is 0 Å². The van der Waals surface area contributed by atoms with Gasteiger partial charge in [0.1, 0.15) is 0 Å². The molecule has 0 heterocycles. The van der Waals surface area contributed by atoms with Gasteiger partial charge in [-0.1, -0.05) is 0 Å². The Kier molecular flexibility index (Phi) is 6.70. The van der Waals surface area contributed by atoms with Crippen molar-refractivity contribution in [1.29, 1.82) is 0 Å². The first-order valence-corrected chi connectivity index (χ1v) is 35.3. The van der Waals surface area contributed by atoms with Crippen LogP contribution in [0.25, 0.3) is 0 Å². The van der Waals surface area contributed by atoms with Crippen LogP contribution in [-0.2, 0) is 15.3 Å². The molecule has 0 N–H and O–H groups in total. The predicted molar refractivity (Wildman–Crippen MR) is 144 cm³/mol. The molecular weight excluding hydrogens is 614 g/mol. The van der Waals surface area contributed by atoms with Gasteiger partial charge < -0.3 is 0 Å². The molecule has 32 heavy (non-hydrogen) atoms. The molecule has 0 aliphatic heterocycles. The molecular formula is C28H45Cl2HfSi. The molecule has 0 saturated heterocycles. The van der Waals surface area contributed by atoms with E-state index in [0.29, 0.717) is 7.35 Å². The van der Waals surface area contributed by atoms with E-state index in [9.17, 15) is 0 Å². The van der Waals surface area contributed by atoms with Crippen molar-refractivity contribution in [3.63, 3.8) is 0 Å². The van der Waals surface area contributed by atoms with Crippen molar-refractivity contribution in [3.8, 4) is 0 Å². The Balaban J connectivity index is 1.99. The number of halogens is 2. The molecule has 0 fully saturated rings. The summed E-state index contributed by atoms with van der Waals surface area (Å²) in [5.41, 5.74) is 9.99. The average Bonchev–Trinajstić information content (AvgIpc) is 3.28. The van der Waals surface area contributed by atoms with Gasteiger partial charge in [-0.25, -0.2) is 0 Å². The number of hydrogen-bond donors (Lipinski definition) is 0. The molecule has 0 saturated carbocycles. The monoisotopic (exact) mass is 659 g/mol. The van der Waals surface area contributed by atoms with Gasteiger partial charge in [0.05, 0.1) is 0 Å². The number of rotatable bonds is 3. The normalized spacial score (nSPS) is 28.4. The van der Waals surface area contributed by atoms with Crippen LogP contribution in [0.5, 0.6) is 0 Å². The van der Waals surface area contributed by atoms with Gasteiger partial charge >= 0.3 is 208 Å². The summed E-state index contributed by atoms with van der Waals surface area (Å²) in [4.78, 5) is 0. The second kappa shape index (κ2) is 8.34. The maximum atomic E-state index is 8.48. The fourth-order valence-corrected chi connectivity index (χ4v) is 53.6. The first-order chi connectivity index (χ1) is 14.7. The van der Waals surface area contributed by atoms with E-state index in [1.807, 2.05) is 0 Å². The number of hydrogen-bond acceptors (Lipinski definition) is 0. The molecule has 0 amide bonds. The van der Waals surface area contributed by atoms with Gasteiger partial charge in [-0.15, -0.1) is 0 Å². The molecule has 2 unspecified atom stereocenters. The third-order valence-electron chi connectivity index (χ3n) is 9.03. The molecule has 0 bridgehead atoms. The van der Waals surface area contributed by atoms with Crippen molar-refractivity contribution in [2.24, 2.45) is 10.8 Å². The van der Waals surface area contributed by atoms with Crippen LogP contribution in [0.3, 0.4) is 0 Å². The second-order valence-electron chi connectivity index (χ2n) is 13.5. The summed E-state index contributed by atoms with van der Waals surface area (Å²) >= 11 is -4.59. The van der Waals surface area contributed by atoms with Crippen LogP contribution in [0.1, 0.15) is 92.9 Å². The third kappa shape index (κ3) is 3.94. The van der Waals surface area contributed by atoms with Crippen LogP contribution < -0.4 is 0 Å². The van der Waals surface area contributed by atoms with Crippen molar-refractivity contribution in [3.05, 3.63) is 45.6 Å². The molecule has 0 aromatic carbocycles. The molecule has 0 aromatic rings. The standard InChI is InChI=1S/2C13H19.C2H7Si.2ClH.Hf/c2*1-13(2,3)12-8-10-6-4-5-7-11(10)9-12;1-3-2;;;/h2*8-9H,4-7H2,1-3H3;3H,1-2H3;2*1H;/q;;;;;+2/p-2. The van der Waals surface area contributed by atoms with Crippen molar-refractivity contribution in [1.82, 2.24) is 0 Å². The summed E-state index contributed by atoms with van der Waals surface area (Å²) in [6.07, 6.45) is 15.3. The zero-order valence-corrected chi connectivity index (χ0v) is 28.1. The van der Waals surface area contributed by atoms with E-state index >= 15 is 0 Å². The molecule has 0 radical (unpaired) electrons. The SMILES string of the molecule is C[SiH](C)[Hf]([Cl])([Cl])([CH]1C(C(C)(C)C)=CC2=C1CCCC2)[CH]1C(C(C)(C)C)=CC2=C1CCCC2. The first-order valence-electron chi connectivity index (χ1n) is 13.1. The molecule has 4 aliphatic carbocycles. The Labute approximate surface area is 206 Å². The summed E-state index contributed by atoms with van der Waals surface area (Å²) in [6.45, 7) is 19.4. The first kappa shape index (κ1) is 25.7. The molecule has 4 heteroatoms. The van der Waals surface area contributed by atoms with Gasteiger partial charge in [-0.2, -0.15) is 0 Å². The van der Waals surface area contributed by atoms with E-state index in [-0.39, 0.29) is 10.8 Å². The van der Waals surface area contributed by atoms with Crippen LogP contribution in [-0.4, -0.2) is 5.98 Å². The summed E-state index contributed by atoms with van der Waals surface area (Å²) in [6, 6.07) is 0. The van der Waals surface area contributed by atoms with Crippen molar-refractivity contribution in [2.75, 3.05) is 0 Å². The topological polar surface area (TPSA) is 0 Å². The summed E-state index contributed by atoms with van der Waals surface area (Å²) in [7, 11) is 17.0. The van der Waals surface area contributed by atoms with Gasteiger partial charge in [0.15, 0.2) is 0 Å². The van der Waals surface area contributed by atoms with E-state index < -0.39 is 21.3 Å². The Morgan fingerprint density at radius 2 is 1.03 bits per heavy atom. The van der Waals surface area contributed by atoms with Crippen molar-refractivity contribution < 1.29 is 15.3 Å². The number of allylic oxidation sites excluding steroid dienone is 8. The van der Waals surface area contributed by atoms with Gasteiger partial charge in [0, 0.05) is 0 Å². The summed E-state index contributed by atoms with van der Waals surface area (Å²) in [5.74, 6) is -1.38. The third-order valence-corrected chi connectivity index (χ3v) is 81.7. The van der Waals surface area contributed by atoms with Gasteiger partial charge in [-0.05, 0) is 0 Å². The van der Waals surface area contributed by atoms with Crippen LogP contribution in [0, 0.1) is 10.8 Å². The van der Waals surface area contributed by atoms with E-state index in [1.165, 1.54) is 51.4 Å². The quantitative estimate of drug-likeness (QED) is 0.265. The fraction of sp³-hybridized carbons (Fsp3) is 0.714. The van der Waals surface area contributed by atoms with E-state index in [0.717, 1.165) is 0 Å². The zero-order valence-electron chi connectivity index (χ0n) is 21.8. The summed E-state index contributed by atoms with van der Waals surface area (Å²) < 4.78 is 0.726. The van der Waals surface area contributed by atoms with Crippen LogP contribution in [0.4, 0.5) is 0 Å². The van der Waals surface area contributed by atoms with Gasteiger partial charge in [0.25, 0.3) is 0 Å². The Morgan fingerprint density at radius 3 is 1.34 bits per heavy atom. The summed E-state index contributed by atoms with van der Waals surface area (Å²) in [5, 5.41) is 0. The van der Waals surface area contributed by atoms with Crippen molar-refractivity contribution in [2.45, 2.75) is 113 Å². The molecule has 0 nitrogen and oxygen atoms in total. The molecule has 0 aromatic heterocycles. The second-order valence-corrected chi connectivity index (χ2v) is 72.7. The van der Waals surface area contributed by atoms with E-state index in [4.69, 9.17) is 17.2 Å². The zero-order chi connectivity index (χ0) is 23.7. The minimum atomic E-state index is -4.59. The fourth-order valence-electron chi connectivity index (χ4n) is 7.20. The molecule has 4 aliphatic rings. The molecule has 179 valence electrons. The minimum absolute atomic E-state index is 0.112. The maximum absolute atomic E-state index is 8.48. The Bertz CT molecular complexity index is 863. The molecule has 2 atom stereocenters. The Morgan fingerprint density at radius 1 is 0.688 bits per heavy atom. The average molecular weight is 659 g/mol. The van der Waals surface area contributed by atoms with Crippen LogP contribution in [0.15, 0.2) is 45.6 Å². The predicted octanol–water partition coefficient (Wildman–Crippen LogP) is 10.3. The Hall–Kier alpha value is 0.627.